The van der Waals surface area contributed by atoms with Crippen molar-refractivity contribution >= 4 is 17.6 Å². The van der Waals surface area contributed by atoms with Crippen molar-refractivity contribution in [3.05, 3.63) is 83.8 Å². The minimum absolute atomic E-state index is 0.0782. The van der Waals surface area contributed by atoms with E-state index in [0.717, 1.165) is 75.4 Å². The van der Waals surface area contributed by atoms with Crippen LogP contribution in [0, 0.1) is 12.3 Å². The first-order valence-electron chi connectivity index (χ1n) is 14.9. The first-order chi connectivity index (χ1) is 20.0. The van der Waals surface area contributed by atoms with E-state index in [9.17, 15) is 9.59 Å². The molecular weight excluding hydrogens is 514 g/mol. The number of nitrogens with one attached hydrogen (secondary N) is 1. The van der Waals surface area contributed by atoms with Gasteiger partial charge in [0, 0.05) is 44.3 Å². The van der Waals surface area contributed by atoms with Gasteiger partial charge < -0.3 is 19.9 Å². The van der Waals surface area contributed by atoms with Crippen molar-refractivity contribution in [3.63, 3.8) is 0 Å². The molecule has 0 radical (unpaired) electrons. The van der Waals surface area contributed by atoms with Crippen LogP contribution in [0.25, 0.3) is 0 Å². The van der Waals surface area contributed by atoms with Crippen molar-refractivity contribution in [1.29, 1.82) is 0 Å². The van der Waals surface area contributed by atoms with Crippen molar-refractivity contribution < 1.29 is 14.3 Å². The normalized spacial score (nSPS) is 20.5. The Kier molecular flexibility index (Phi) is 7.65. The first kappa shape index (κ1) is 27.2. The molecule has 0 atom stereocenters. The van der Waals surface area contributed by atoms with E-state index >= 15 is 0 Å². The second-order valence-electron chi connectivity index (χ2n) is 11.8. The van der Waals surface area contributed by atoms with Crippen LogP contribution >= 0.6 is 0 Å². The van der Waals surface area contributed by atoms with Crippen molar-refractivity contribution in [3.8, 4) is 5.75 Å². The smallest absolute Gasteiger partial charge is 0.255 e. The molecule has 1 aromatic heterocycles. The number of nitrogens with zero attached hydrogens (tertiary/aromatic N) is 4. The van der Waals surface area contributed by atoms with E-state index in [4.69, 9.17) is 4.74 Å². The molecule has 1 saturated carbocycles. The van der Waals surface area contributed by atoms with Crippen molar-refractivity contribution in [2.24, 2.45) is 5.41 Å². The average Bonchev–Trinajstić information content (AvgIpc) is 3.82. The molecule has 214 valence electrons. The van der Waals surface area contributed by atoms with Gasteiger partial charge in [-0.3, -0.25) is 9.59 Å². The zero-order valence-electron chi connectivity index (χ0n) is 23.8. The summed E-state index contributed by atoms with van der Waals surface area (Å²) in [7, 11) is 0. The van der Waals surface area contributed by atoms with Crippen molar-refractivity contribution in [1.82, 2.24) is 20.2 Å². The molecule has 6 rings (SSSR count). The molecule has 8 heteroatoms. The lowest BCUT2D eigenvalue weighted by Gasteiger charge is -2.43. The number of ether oxygens (including phenoxy) is 1. The van der Waals surface area contributed by atoms with Gasteiger partial charge in [0.15, 0.2) is 0 Å². The van der Waals surface area contributed by atoms with Gasteiger partial charge in [0.1, 0.15) is 17.4 Å². The highest BCUT2D eigenvalue weighted by atomic mass is 16.5. The van der Waals surface area contributed by atoms with Gasteiger partial charge in [-0.25, -0.2) is 9.97 Å². The second kappa shape index (κ2) is 11.5. The Hall–Kier alpha value is -3.94. The maximum absolute atomic E-state index is 13.8. The zero-order valence-corrected chi connectivity index (χ0v) is 23.8. The van der Waals surface area contributed by atoms with Gasteiger partial charge in [-0.15, -0.1) is 0 Å². The summed E-state index contributed by atoms with van der Waals surface area (Å²) in [5.74, 6) is 2.37. The van der Waals surface area contributed by atoms with E-state index in [-0.39, 0.29) is 22.6 Å². The quantitative estimate of drug-likeness (QED) is 0.513. The monoisotopic (exact) mass is 553 g/mol. The van der Waals surface area contributed by atoms with Crippen molar-refractivity contribution in [2.45, 2.75) is 50.9 Å². The molecule has 2 aliphatic heterocycles. The maximum atomic E-state index is 13.8. The molecule has 3 heterocycles. The fraction of sp³-hybridized carbons (Fsp3) is 0.455. The van der Waals surface area contributed by atoms with Gasteiger partial charge >= 0.3 is 0 Å². The highest BCUT2D eigenvalue weighted by Crippen LogP contribution is 2.50. The minimum Gasteiger partial charge on any atom is -0.492 e. The number of piperidine rings is 1. The van der Waals surface area contributed by atoms with Crippen LogP contribution in [0.4, 0.5) is 5.82 Å². The topological polar surface area (TPSA) is 87.7 Å². The number of aromatic nitrogens is 2. The summed E-state index contributed by atoms with van der Waals surface area (Å²) in [4.78, 5) is 40.1. The van der Waals surface area contributed by atoms with Gasteiger partial charge in [-0.05, 0) is 69.2 Å². The third kappa shape index (κ3) is 5.78. The van der Waals surface area contributed by atoms with Gasteiger partial charge in [0.25, 0.3) is 5.91 Å². The fourth-order valence-electron chi connectivity index (χ4n) is 6.48. The Morgan fingerprint density at radius 3 is 2.41 bits per heavy atom. The largest absolute Gasteiger partial charge is 0.492 e. The molecule has 0 bridgehead atoms. The summed E-state index contributed by atoms with van der Waals surface area (Å²) in [6.45, 7) is 5.86. The summed E-state index contributed by atoms with van der Waals surface area (Å²) >= 11 is 0. The molecule has 2 amide bonds. The van der Waals surface area contributed by atoms with Gasteiger partial charge in [-0.1, -0.05) is 42.5 Å². The molecule has 1 saturated heterocycles. The number of benzene rings is 2. The van der Waals surface area contributed by atoms with E-state index in [1.165, 1.54) is 0 Å². The number of amides is 2. The van der Waals surface area contributed by atoms with Gasteiger partial charge in [0.2, 0.25) is 5.91 Å². The van der Waals surface area contributed by atoms with E-state index in [0.29, 0.717) is 31.0 Å². The van der Waals surface area contributed by atoms with Crippen LogP contribution in [0.1, 0.15) is 60.3 Å². The van der Waals surface area contributed by atoms with E-state index in [2.05, 4.69) is 37.2 Å². The van der Waals surface area contributed by atoms with Crippen LogP contribution < -0.4 is 15.0 Å². The Balaban J connectivity index is 1.21. The van der Waals surface area contributed by atoms with Crippen LogP contribution in [0.15, 0.2) is 66.9 Å². The number of fused-ring (bicyclic) bond motifs is 1. The third-order valence-electron chi connectivity index (χ3n) is 9.15. The molecule has 2 fully saturated rings. The summed E-state index contributed by atoms with van der Waals surface area (Å²) in [6, 6.07) is 19.7. The number of aryl methyl sites for hydroxylation is 1. The number of likely N-dealkylation sites (tertiary alicyclic amines) is 1. The van der Waals surface area contributed by atoms with Crippen LogP contribution in [-0.2, 0) is 10.2 Å². The standard InChI is InChI=1S/C33H39N5O3/c1-25-34-18-12-29(36-25)37-20-7-13-32(24-41-28-11-6-5-10-27(28)30(39)35-19-23-37)16-21-38(22-17-32)31(40)33(14-15-33)26-8-3-2-4-9-26/h2-6,8-12,18H,7,13-17,19-24H2,1H3,(H,35,39). The van der Waals surface area contributed by atoms with Gasteiger partial charge in [-0.2, -0.15) is 0 Å². The average molecular weight is 554 g/mol. The van der Waals surface area contributed by atoms with Crippen LogP contribution in [0.3, 0.4) is 0 Å². The lowest BCUT2D eigenvalue weighted by atomic mass is 9.75. The van der Waals surface area contributed by atoms with Gasteiger partial charge in [0.05, 0.1) is 17.6 Å². The second-order valence-corrected chi connectivity index (χ2v) is 11.8. The molecule has 1 N–H and O–H groups in total. The number of para-hydroxylation sites is 1. The SMILES string of the molecule is Cc1nccc(N2CCCC3(CCN(C(=O)C4(c5ccccc5)CC4)CC3)COc3ccccc3C(=O)NCC2)n1. The van der Waals surface area contributed by atoms with E-state index in [1.807, 2.05) is 55.5 Å². The molecule has 2 aromatic carbocycles. The number of hydrogen-bond acceptors (Lipinski definition) is 6. The van der Waals surface area contributed by atoms with Crippen LogP contribution in [0.2, 0.25) is 0 Å². The number of carbonyl (C=O) groups excluding carboxylic acids is 2. The Labute approximate surface area is 242 Å². The molecule has 3 aliphatic rings. The lowest BCUT2D eigenvalue weighted by molar-refractivity contribution is -0.136. The number of anilines is 1. The highest BCUT2D eigenvalue weighted by Gasteiger charge is 2.53. The summed E-state index contributed by atoms with van der Waals surface area (Å²) in [6.07, 6.45) is 7.34. The zero-order chi connectivity index (χ0) is 28.3. The van der Waals surface area contributed by atoms with Crippen molar-refractivity contribution in [2.75, 3.05) is 44.2 Å². The summed E-state index contributed by atoms with van der Waals surface area (Å²) in [5.41, 5.74) is 1.28. The molecule has 0 unspecified atom stereocenters. The molecule has 8 nitrogen and oxygen atoms in total. The number of rotatable bonds is 3. The third-order valence-corrected chi connectivity index (χ3v) is 9.15. The number of hydrogen-bond donors (Lipinski definition) is 1. The Morgan fingerprint density at radius 1 is 0.902 bits per heavy atom. The number of carbonyl (C=O) groups is 2. The molecule has 3 aromatic rings. The molecular formula is C33H39N5O3. The fourth-order valence-corrected chi connectivity index (χ4v) is 6.48. The molecule has 1 aliphatic carbocycles. The van der Waals surface area contributed by atoms with Crippen LogP contribution in [-0.4, -0.2) is 66.0 Å². The predicted molar refractivity (Wildman–Crippen MR) is 158 cm³/mol. The first-order valence-corrected chi connectivity index (χ1v) is 14.9. The lowest BCUT2D eigenvalue weighted by Crippen LogP contribution is -2.48. The predicted octanol–water partition coefficient (Wildman–Crippen LogP) is 4.53. The summed E-state index contributed by atoms with van der Waals surface area (Å²) in [5, 5.41) is 3.07. The molecule has 1 spiro atoms. The van der Waals surface area contributed by atoms with E-state index < -0.39 is 0 Å². The Morgan fingerprint density at radius 2 is 1.66 bits per heavy atom. The minimum atomic E-state index is -0.338. The summed E-state index contributed by atoms with van der Waals surface area (Å²) < 4.78 is 6.44. The molecule has 41 heavy (non-hydrogen) atoms. The maximum Gasteiger partial charge on any atom is 0.255 e. The highest BCUT2D eigenvalue weighted by molar-refractivity contribution is 5.97. The Bertz CT molecular complexity index is 1380. The van der Waals surface area contributed by atoms with Crippen LogP contribution in [0.5, 0.6) is 5.75 Å². The van der Waals surface area contributed by atoms with E-state index in [1.54, 1.807) is 6.20 Å².